The maximum absolute atomic E-state index is 12.1. The fourth-order valence-corrected chi connectivity index (χ4v) is 2.73. The highest BCUT2D eigenvalue weighted by molar-refractivity contribution is 5.84. The third-order valence-electron chi connectivity index (χ3n) is 4.62. The van der Waals surface area contributed by atoms with Gasteiger partial charge in [-0.05, 0) is 23.0 Å². The van der Waals surface area contributed by atoms with Gasteiger partial charge in [0.15, 0.2) is 0 Å². The Bertz CT molecular complexity index is 420. The van der Waals surface area contributed by atoms with E-state index < -0.39 is 6.10 Å². The summed E-state index contributed by atoms with van der Waals surface area (Å²) in [6.45, 7) is 8.58. The summed E-state index contributed by atoms with van der Waals surface area (Å²) in [6, 6.07) is 3.41. The topological polar surface area (TPSA) is 62.5 Å². The van der Waals surface area contributed by atoms with E-state index in [1.54, 1.807) is 12.1 Å². The number of carbonyl (C=O) groups is 1. The van der Waals surface area contributed by atoms with Gasteiger partial charge in [0.2, 0.25) is 5.91 Å². The van der Waals surface area contributed by atoms with Crippen molar-refractivity contribution in [1.82, 2.24) is 5.32 Å². The number of aliphatic hydroxyl groups excluding tert-OH is 1. The van der Waals surface area contributed by atoms with Crippen molar-refractivity contribution >= 4 is 5.91 Å². The van der Waals surface area contributed by atoms with Crippen LogP contribution in [0.4, 0.5) is 0 Å². The van der Waals surface area contributed by atoms with Crippen LogP contribution < -0.4 is 5.32 Å². The molecule has 1 saturated carbocycles. The number of hydrogen-bond acceptors (Lipinski definition) is 3. The van der Waals surface area contributed by atoms with Crippen LogP contribution in [0.1, 0.15) is 39.6 Å². The predicted molar refractivity (Wildman–Crippen MR) is 67.7 cm³/mol. The highest BCUT2D eigenvalue weighted by Crippen LogP contribution is 2.68. The number of furan rings is 1. The average molecular weight is 251 g/mol. The minimum atomic E-state index is -0.783. The molecule has 1 aromatic rings. The van der Waals surface area contributed by atoms with E-state index in [2.05, 4.69) is 33.0 Å². The molecule has 2 N–H and O–H groups in total. The molecule has 0 radical (unpaired) electrons. The zero-order chi connectivity index (χ0) is 13.6. The lowest BCUT2D eigenvalue weighted by Crippen LogP contribution is -2.31. The monoisotopic (exact) mass is 251 g/mol. The van der Waals surface area contributed by atoms with Gasteiger partial charge in [-0.2, -0.15) is 0 Å². The molecule has 1 unspecified atom stereocenters. The average Bonchev–Trinajstić information content (AvgIpc) is 2.71. The van der Waals surface area contributed by atoms with Gasteiger partial charge in [-0.15, -0.1) is 0 Å². The van der Waals surface area contributed by atoms with Crippen LogP contribution >= 0.6 is 0 Å². The number of amides is 1. The van der Waals surface area contributed by atoms with Gasteiger partial charge in [0.05, 0.1) is 12.8 Å². The normalized spacial score (nSPS) is 22.5. The van der Waals surface area contributed by atoms with Gasteiger partial charge in [-0.3, -0.25) is 4.79 Å². The lowest BCUT2D eigenvalue weighted by molar-refractivity contribution is -0.124. The molecule has 1 aliphatic carbocycles. The van der Waals surface area contributed by atoms with Crippen molar-refractivity contribution in [3.05, 3.63) is 24.2 Å². The molecule has 1 fully saturated rings. The minimum Gasteiger partial charge on any atom is -0.467 e. The van der Waals surface area contributed by atoms with E-state index in [0.717, 1.165) is 0 Å². The quantitative estimate of drug-likeness (QED) is 0.861. The van der Waals surface area contributed by atoms with Crippen LogP contribution in [0.2, 0.25) is 0 Å². The van der Waals surface area contributed by atoms with Gasteiger partial charge in [-0.1, -0.05) is 27.7 Å². The maximum Gasteiger partial charge on any atom is 0.224 e. The Balaban J connectivity index is 1.87. The standard InChI is InChI=1S/C14H21NO3/c1-13(2)11(14(13,3)4)12(17)15-8-9(16)10-6-5-7-18-10/h5-7,9,11,16H,8H2,1-4H3,(H,15,17). The molecule has 0 aliphatic heterocycles. The first-order valence-electron chi connectivity index (χ1n) is 6.27. The van der Waals surface area contributed by atoms with Crippen LogP contribution in [0.25, 0.3) is 0 Å². The van der Waals surface area contributed by atoms with Crippen LogP contribution in [-0.2, 0) is 4.79 Å². The Morgan fingerprint density at radius 3 is 2.50 bits per heavy atom. The van der Waals surface area contributed by atoms with Crippen molar-refractivity contribution in [3.63, 3.8) is 0 Å². The lowest BCUT2D eigenvalue weighted by Gasteiger charge is -2.10. The molecular formula is C14H21NO3. The van der Waals surface area contributed by atoms with Crippen LogP contribution in [0.15, 0.2) is 22.8 Å². The van der Waals surface area contributed by atoms with Gasteiger partial charge >= 0.3 is 0 Å². The summed E-state index contributed by atoms with van der Waals surface area (Å²) in [5.74, 6) is 0.494. The number of aliphatic hydroxyl groups is 1. The van der Waals surface area contributed by atoms with Crippen molar-refractivity contribution in [2.24, 2.45) is 16.7 Å². The van der Waals surface area contributed by atoms with Crippen LogP contribution in [-0.4, -0.2) is 17.6 Å². The third kappa shape index (κ3) is 1.94. The highest BCUT2D eigenvalue weighted by Gasteiger charge is 2.68. The van der Waals surface area contributed by atoms with Crippen molar-refractivity contribution < 1.29 is 14.3 Å². The summed E-state index contributed by atoms with van der Waals surface area (Å²) >= 11 is 0. The molecule has 4 heteroatoms. The number of rotatable bonds is 4. The summed E-state index contributed by atoms with van der Waals surface area (Å²) in [4.78, 5) is 12.1. The Morgan fingerprint density at radius 2 is 2.06 bits per heavy atom. The molecule has 0 bridgehead atoms. The molecule has 1 atom stereocenters. The molecule has 1 aliphatic rings. The molecular weight excluding hydrogens is 230 g/mol. The fourth-order valence-electron chi connectivity index (χ4n) is 2.73. The molecule has 1 amide bonds. The van der Waals surface area contributed by atoms with E-state index in [4.69, 9.17) is 4.42 Å². The summed E-state index contributed by atoms with van der Waals surface area (Å²) in [5.41, 5.74) is 0.0411. The predicted octanol–water partition coefficient (Wildman–Crippen LogP) is 2.11. The van der Waals surface area contributed by atoms with Crippen LogP contribution in [0, 0.1) is 16.7 Å². The van der Waals surface area contributed by atoms with E-state index >= 15 is 0 Å². The second kappa shape index (κ2) is 4.12. The van der Waals surface area contributed by atoms with Gasteiger partial charge in [0, 0.05) is 5.92 Å². The third-order valence-corrected chi connectivity index (χ3v) is 4.62. The molecule has 4 nitrogen and oxygen atoms in total. The molecule has 100 valence electrons. The second-order valence-electron chi connectivity index (χ2n) is 6.15. The molecule has 18 heavy (non-hydrogen) atoms. The first-order chi connectivity index (χ1) is 8.28. The summed E-state index contributed by atoms with van der Waals surface area (Å²) in [7, 11) is 0. The maximum atomic E-state index is 12.1. The van der Waals surface area contributed by atoms with E-state index in [1.165, 1.54) is 6.26 Å². The highest BCUT2D eigenvalue weighted by atomic mass is 16.4. The Kier molecular flexibility index (Phi) is 3.01. The fraction of sp³-hybridized carbons (Fsp3) is 0.643. The summed E-state index contributed by atoms with van der Waals surface area (Å²) in [6.07, 6.45) is 0.724. The van der Waals surface area contributed by atoms with Gasteiger partial charge in [0.25, 0.3) is 0 Å². The lowest BCUT2D eigenvalue weighted by atomic mass is 10.0. The number of hydrogen-bond donors (Lipinski definition) is 2. The zero-order valence-electron chi connectivity index (χ0n) is 11.4. The van der Waals surface area contributed by atoms with Crippen molar-refractivity contribution in [2.45, 2.75) is 33.8 Å². The molecule has 1 heterocycles. The Morgan fingerprint density at radius 1 is 1.44 bits per heavy atom. The van der Waals surface area contributed by atoms with E-state index in [1.807, 2.05) is 0 Å². The summed E-state index contributed by atoms with van der Waals surface area (Å²) < 4.78 is 5.08. The minimum absolute atomic E-state index is 0.00815. The molecule has 2 rings (SSSR count). The van der Waals surface area contributed by atoms with Crippen LogP contribution in [0.5, 0.6) is 0 Å². The van der Waals surface area contributed by atoms with E-state index in [0.29, 0.717) is 5.76 Å². The number of carbonyl (C=O) groups excluding carboxylic acids is 1. The summed E-state index contributed by atoms with van der Waals surface area (Å²) in [5, 5.41) is 12.6. The Hall–Kier alpha value is -1.29. The van der Waals surface area contributed by atoms with Gasteiger partial charge < -0.3 is 14.8 Å². The molecule has 0 saturated heterocycles. The van der Waals surface area contributed by atoms with Crippen molar-refractivity contribution in [2.75, 3.05) is 6.54 Å². The van der Waals surface area contributed by atoms with Gasteiger partial charge in [0.1, 0.15) is 11.9 Å². The second-order valence-corrected chi connectivity index (χ2v) is 6.15. The molecule has 1 aromatic heterocycles. The Labute approximate surface area is 107 Å². The molecule has 0 spiro atoms. The zero-order valence-corrected chi connectivity index (χ0v) is 11.4. The smallest absolute Gasteiger partial charge is 0.224 e. The van der Waals surface area contributed by atoms with Crippen LogP contribution in [0.3, 0.4) is 0 Å². The van der Waals surface area contributed by atoms with Gasteiger partial charge in [-0.25, -0.2) is 0 Å². The van der Waals surface area contributed by atoms with Crippen molar-refractivity contribution in [1.29, 1.82) is 0 Å². The first-order valence-corrected chi connectivity index (χ1v) is 6.27. The SMILES string of the molecule is CC1(C)C(C(=O)NCC(O)c2ccco2)C1(C)C. The van der Waals surface area contributed by atoms with E-state index in [-0.39, 0.29) is 29.2 Å². The van der Waals surface area contributed by atoms with Crippen molar-refractivity contribution in [3.8, 4) is 0 Å². The molecule has 0 aromatic carbocycles. The first kappa shape index (κ1) is 13.1. The number of nitrogens with one attached hydrogen (secondary N) is 1. The van der Waals surface area contributed by atoms with E-state index in [9.17, 15) is 9.90 Å². The largest absolute Gasteiger partial charge is 0.467 e.